The third-order valence-electron chi connectivity index (χ3n) is 4.35. The third kappa shape index (κ3) is 5.16. The van der Waals surface area contributed by atoms with Gasteiger partial charge < -0.3 is 25.4 Å². The lowest BCUT2D eigenvalue weighted by molar-refractivity contribution is -0.121. The summed E-state index contributed by atoms with van der Waals surface area (Å²) >= 11 is 0. The maximum absolute atomic E-state index is 12.4. The number of amides is 3. The molecule has 0 aromatic heterocycles. The van der Waals surface area contributed by atoms with Gasteiger partial charge in [0.1, 0.15) is 13.2 Å². The summed E-state index contributed by atoms with van der Waals surface area (Å²) < 4.78 is 11.2. The van der Waals surface area contributed by atoms with Crippen molar-refractivity contribution in [3.8, 4) is 11.5 Å². The smallest absolute Gasteiger partial charge is 0.319 e. The zero-order chi connectivity index (χ0) is 19.9. The molecule has 0 radical (unpaired) electrons. The van der Waals surface area contributed by atoms with E-state index in [0.717, 1.165) is 5.56 Å². The molecule has 2 aromatic rings. The summed E-state index contributed by atoms with van der Waals surface area (Å²) in [6.07, 6.45) is 0. The highest BCUT2D eigenvalue weighted by atomic mass is 16.6. The van der Waals surface area contributed by atoms with Crippen LogP contribution in [0.4, 0.5) is 10.5 Å². The monoisotopic (exact) mass is 383 g/mol. The SMILES string of the molecule is CC(C)[C@@H](NC(=O)CNC(=O)Nc1ccccc1)c1ccc2c(c1)OCCO2. The molecule has 3 amide bonds. The second kappa shape index (κ2) is 9.12. The van der Waals surface area contributed by atoms with Gasteiger partial charge >= 0.3 is 6.03 Å². The average molecular weight is 383 g/mol. The highest BCUT2D eigenvalue weighted by Crippen LogP contribution is 2.34. The van der Waals surface area contributed by atoms with Crippen LogP contribution in [0.1, 0.15) is 25.5 Å². The molecule has 148 valence electrons. The quantitative estimate of drug-likeness (QED) is 0.715. The van der Waals surface area contributed by atoms with E-state index in [4.69, 9.17) is 9.47 Å². The van der Waals surface area contributed by atoms with Gasteiger partial charge in [-0.2, -0.15) is 0 Å². The molecule has 1 atom stereocenters. The van der Waals surface area contributed by atoms with E-state index < -0.39 is 6.03 Å². The number of anilines is 1. The highest BCUT2D eigenvalue weighted by molar-refractivity contribution is 5.92. The Morgan fingerprint density at radius 2 is 1.71 bits per heavy atom. The van der Waals surface area contributed by atoms with Gasteiger partial charge in [0.05, 0.1) is 12.6 Å². The number of fused-ring (bicyclic) bond motifs is 1. The first kappa shape index (κ1) is 19.5. The molecule has 28 heavy (non-hydrogen) atoms. The zero-order valence-electron chi connectivity index (χ0n) is 16.0. The Kier molecular flexibility index (Phi) is 6.37. The molecule has 0 unspecified atom stereocenters. The van der Waals surface area contributed by atoms with Crippen molar-refractivity contribution >= 4 is 17.6 Å². The molecule has 0 saturated carbocycles. The molecule has 0 spiro atoms. The minimum atomic E-state index is -0.429. The van der Waals surface area contributed by atoms with Crippen LogP contribution >= 0.6 is 0 Å². The number of para-hydroxylation sites is 1. The van der Waals surface area contributed by atoms with Crippen LogP contribution in [0.5, 0.6) is 11.5 Å². The lowest BCUT2D eigenvalue weighted by Gasteiger charge is -2.25. The van der Waals surface area contributed by atoms with Crippen LogP contribution in [-0.2, 0) is 4.79 Å². The summed E-state index contributed by atoms with van der Waals surface area (Å²) in [6, 6.07) is 14.1. The summed E-state index contributed by atoms with van der Waals surface area (Å²) in [7, 11) is 0. The normalized spacial score (nSPS) is 13.5. The number of carbonyl (C=O) groups is 2. The molecule has 0 aliphatic carbocycles. The number of ether oxygens (including phenoxy) is 2. The molecule has 1 aliphatic rings. The van der Waals surface area contributed by atoms with Crippen molar-refractivity contribution in [2.45, 2.75) is 19.9 Å². The highest BCUT2D eigenvalue weighted by Gasteiger charge is 2.21. The predicted molar refractivity (Wildman–Crippen MR) is 107 cm³/mol. The summed E-state index contributed by atoms with van der Waals surface area (Å²) in [6.45, 7) is 4.98. The number of urea groups is 1. The van der Waals surface area contributed by atoms with Crippen LogP contribution in [-0.4, -0.2) is 31.7 Å². The zero-order valence-corrected chi connectivity index (χ0v) is 16.0. The van der Waals surface area contributed by atoms with Crippen LogP contribution in [0, 0.1) is 5.92 Å². The van der Waals surface area contributed by atoms with Gasteiger partial charge in [-0.25, -0.2) is 4.79 Å². The number of nitrogens with one attached hydrogen (secondary N) is 3. The average Bonchev–Trinajstić information content (AvgIpc) is 2.70. The second-order valence-electron chi connectivity index (χ2n) is 6.87. The maximum Gasteiger partial charge on any atom is 0.319 e. The van der Waals surface area contributed by atoms with Crippen LogP contribution in [0.25, 0.3) is 0 Å². The Balaban J connectivity index is 1.56. The van der Waals surface area contributed by atoms with Crippen molar-refractivity contribution in [1.82, 2.24) is 10.6 Å². The van der Waals surface area contributed by atoms with Crippen molar-refractivity contribution in [1.29, 1.82) is 0 Å². The Morgan fingerprint density at radius 3 is 2.43 bits per heavy atom. The molecule has 3 N–H and O–H groups in total. The first-order valence-corrected chi connectivity index (χ1v) is 9.32. The lowest BCUT2D eigenvalue weighted by Crippen LogP contribution is -2.41. The molecule has 2 aromatic carbocycles. The number of carbonyl (C=O) groups excluding carboxylic acids is 2. The molecule has 0 bridgehead atoms. The van der Waals surface area contributed by atoms with Crippen molar-refractivity contribution < 1.29 is 19.1 Å². The molecule has 7 nitrogen and oxygen atoms in total. The third-order valence-corrected chi connectivity index (χ3v) is 4.35. The van der Waals surface area contributed by atoms with Gasteiger partial charge in [0.15, 0.2) is 11.5 Å². The largest absolute Gasteiger partial charge is 0.486 e. The molecular weight excluding hydrogens is 358 g/mol. The molecule has 1 heterocycles. The fourth-order valence-corrected chi connectivity index (χ4v) is 2.97. The predicted octanol–water partition coefficient (Wildman–Crippen LogP) is 3.09. The lowest BCUT2D eigenvalue weighted by atomic mass is 9.95. The standard InChI is InChI=1S/C21H25N3O4/c1-14(2)20(15-8-9-17-18(12-15)28-11-10-27-17)24-19(25)13-22-21(26)23-16-6-4-3-5-7-16/h3-9,12,14,20H,10-11,13H2,1-2H3,(H,24,25)(H2,22,23,26)/t20-/m1/s1. The Morgan fingerprint density at radius 1 is 1.00 bits per heavy atom. The second-order valence-corrected chi connectivity index (χ2v) is 6.87. The van der Waals surface area contributed by atoms with Gasteiger partial charge in [0, 0.05) is 5.69 Å². The van der Waals surface area contributed by atoms with E-state index >= 15 is 0 Å². The molecule has 0 saturated heterocycles. The van der Waals surface area contributed by atoms with E-state index in [1.165, 1.54) is 0 Å². The van der Waals surface area contributed by atoms with Gasteiger partial charge in [-0.3, -0.25) is 4.79 Å². The van der Waals surface area contributed by atoms with Gasteiger partial charge in [0.25, 0.3) is 0 Å². The summed E-state index contributed by atoms with van der Waals surface area (Å²) in [5, 5.41) is 8.23. The summed E-state index contributed by atoms with van der Waals surface area (Å²) in [5.41, 5.74) is 1.60. The van der Waals surface area contributed by atoms with Crippen LogP contribution in [0.2, 0.25) is 0 Å². The van der Waals surface area contributed by atoms with Crippen molar-refractivity contribution in [3.63, 3.8) is 0 Å². The topological polar surface area (TPSA) is 88.7 Å². The molecule has 3 rings (SSSR count). The summed E-state index contributed by atoms with van der Waals surface area (Å²) in [5.74, 6) is 1.29. The first-order chi connectivity index (χ1) is 13.5. The van der Waals surface area contributed by atoms with Gasteiger partial charge in [-0.15, -0.1) is 0 Å². The Bertz CT molecular complexity index is 824. The van der Waals surface area contributed by atoms with E-state index in [-0.39, 0.29) is 24.4 Å². The minimum Gasteiger partial charge on any atom is -0.486 e. The molecule has 0 fully saturated rings. The Labute approximate surface area is 164 Å². The van der Waals surface area contributed by atoms with Crippen LogP contribution < -0.4 is 25.4 Å². The van der Waals surface area contributed by atoms with Crippen molar-refractivity contribution in [3.05, 3.63) is 54.1 Å². The van der Waals surface area contributed by atoms with Crippen molar-refractivity contribution in [2.75, 3.05) is 25.1 Å². The maximum atomic E-state index is 12.4. The number of hydrogen-bond donors (Lipinski definition) is 3. The van der Waals surface area contributed by atoms with E-state index in [2.05, 4.69) is 16.0 Å². The molecule has 1 aliphatic heterocycles. The van der Waals surface area contributed by atoms with E-state index in [1.54, 1.807) is 12.1 Å². The van der Waals surface area contributed by atoms with E-state index in [1.807, 2.05) is 50.2 Å². The van der Waals surface area contributed by atoms with Gasteiger partial charge in [-0.1, -0.05) is 38.1 Å². The van der Waals surface area contributed by atoms with Gasteiger partial charge in [-0.05, 0) is 35.7 Å². The fraction of sp³-hybridized carbons (Fsp3) is 0.333. The summed E-state index contributed by atoms with van der Waals surface area (Å²) in [4.78, 5) is 24.3. The van der Waals surface area contributed by atoms with Crippen LogP contribution in [0.3, 0.4) is 0 Å². The van der Waals surface area contributed by atoms with E-state index in [0.29, 0.717) is 30.4 Å². The molecule has 7 heteroatoms. The number of rotatable bonds is 6. The molecular formula is C21H25N3O4. The number of hydrogen-bond acceptors (Lipinski definition) is 4. The van der Waals surface area contributed by atoms with E-state index in [9.17, 15) is 9.59 Å². The first-order valence-electron chi connectivity index (χ1n) is 9.32. The Hall–Kier alpha value is -3.22. The van der Waals surface area contributed by atoms with Crippen molar-refractivity contribution in [2.24, 2.45) is 5.92 Å². The van der Waals surface area contributed by atoms with Crippen LogP contribution in [0.15, 0.2) is 48.5 Å². The number of benzene rings is 2. The minimum absolute atomic E-state index is 0.119. The fourth-order valence-electron chi connectivity index (χ4n) is 2.97. The van der Waals surface area contributed by atoms with Gasteiger partial charge in [0.2, 0.25) is 5.91 Å².